The Morgan fingerprint density at radius 1 is 1.12 bits per heavy atom. The summed E-state index contributed by atoms with van der Waals surface area (Å²) >= 11 is 0. The normalized spacial score (nSPS) is 17.2. The number of carbonyl (C=O) groups excluding carboxylic acids is 2. The number of nitrogens with one attached hydrogen (secondary N) is 2. The number of urea groups is 1. The number of hydrogen-bond donors (Lipinski definition) is 2. The first-order chi connectivity index (χ1) is 15.6. The van der Waals surface area contributed by atoms with Gasteiger partial charge in [-0.3, -0.25) is 9.89 Å². The molecule has 2 N–H and O–H groups in total. The van der Waals surface area contributed by atoms with Crippen molar-refractivity contribution < 1.29 is 31.5 Å². The van der Waals surface area contributed by atoms with Gasteiger partial charge in [0.2, 0.25) is 0 Å². The van der Waals surface area contributed by atoms with E-state index in [2.05, 4.69) is 15.5 Å². The van der Waals surface area contributed by atoms with Crippen molar-refractivity contribution in [3.05, 3.63) is 51.8 Å². The van der Waals surface area contributed by atoms with Crippen LogP contribution in [0.5, 0.6) is 0 Å². The quantitative estimate of drug-likeness (QED) is 0.659. The average Bonchev–Trinajstić information content (AvgIpc) is 3.20. The summed E-state index contributed by atoms with van der Waals surface area (Å²) in [5.41, 5.74) is -0.332. The molecule has 0 spiro atoms. The van der Waals surface area contributed by atoms with Gasteiger partial charge in [-0.25, -0.2) is 13.6 Å². The zero-order valence-electron chi connectivity index (χ0n) is 17.7. The monoisotopic (exact) mass is 471 g/mol. The fraction of sp³-hybridized carbons (Fsp3) is 0.476. The minimum Gasteiger partial charge on any atom is -0.341 e. The summed E-state index contributed by atoms with van der Waals surface area (Å²) in [7, 11) is 1.51. The van der Waals surface area contributed by atoms with Gasteiger partial charge in [0.25, 0.3) is 5.91 Å². The molecule has 12 heteroatoms. The lowest BCUT2D eigenvalue weighted by Crippen LogP contribution is -2.42. The summed E-state index contributed by atoms with van der Waals surface area (Å²) in [6, 6.07) is 0.683. The zero-order chi connectivity index (χ0) is 23.9. The number of hydrogen-bond acceptors (Lipinski definition) is 3. The molecular weight excluding hydrogens is 449 g/mol. The van der Waals surface area contributed by atoms with E-state index in [0.717, 1.165) is 11.8 Å². The van der Waals surface area contributed by atoms with E-state index >= 15 is 0 Å². The van der Waals surface area contributed by atoms with Gasteiger partial charge in [-0.15, -0.1) is 0 Å². The van der Waals surface area contributed by atoms with Gasteiger partial charge >= 0.3 is 12.2 Å². The van der Waals surface area contributed by atoms with Crippen LogP contribution in [0.25, 0.3) is 0 Å². The van der Waals surface area contributed by atoms with E-state index in [4.69, 9.17) is 0 Å². The van der Waals surface area contributed by atoms with Crippen LogP contribution in [0.4, 0.5) is 26.7 Å². The number of nitrogens with zero attached hydrogens (tertiary/aromatic N) is 3. The molecule has 178 valence electrons. The highest BCUT2D eigenvalue weighted by Gasteiger charge is 2.40. The molecule has 2 aromatic rings. The lowest BCUT2D eigenvalue weighted by molar-refractivity contribution is -0.141. The molecule has 0 unspecified atom stereocenters. The number of likely N-dealkylation sites (tertiary alicyclic amines) is 1. The number of carbonyl (C=O) groups is 2. The van der Waals surface area contributed by atoms with Gasteiger partial charge in [0.15, 0.2) is 5.69 Å². The largest absolute Gasteiger partial charge is 0.419 e. The Hall–Kier alpha value is -3.18. The van der Waals surface area contributed by atoms with E-state index < -0.39 is 40.8 Å². The molecule has 3 amide bonds. The van der Waals surface area contributed by atoms with Gasteiger partial charge in [-0.2, -0.15) is 18.3 Å². The highest BCUT2D eigenvalue weighted by Crippen LogP contribution is 2.41. The van der Waals surface area contributed by atoms with Crippen LogP contribution < -0.4 is 5.32 Å². The van der Waals surface area contributed by atoms with Crippen molar-refractivity contribution in [3.63, 3.8) is 0 Å². The van der Waals surface area contributed by atoms with Crippen LogP contribution >= 0.6 is 0 Å². The second-order valence-corrected chi connectivity index (χ2v) is 8.17. The lowest BCUT2D eigenvalue weighted by atomic mass is 9.85. The summed E-state index contributed by atoms with van der Waals surface area (Å²) in [6.45, 7) is 0.902. The Labute approximate surface area is 185 Å². The number of H-pyrrole nitrogens is 1. The number of aromatic nitrogens is 2. The highest BCUT2D eigenvalue weighted by molar-refractivity contribution is 5.94. The van der Waals surface area contributed by atoms with Crippen molar-refractivity contribution in [2.75, 3.05) is 26.7 Å². The Balaban J connectivity index is 1.50. The fourth-order valence-electron chi connectivity index (χ4n) is 4.56. The van der Waals surface area contributed by atoms with Crippen molar-refractivity contribution in [3.8, 4) is 0 Å². The molecule has 0 atom stereocenters. The van der Waals surface area contributed by atoms with Gasteiger partial charge in [0.05, 0.1) is 12.1 Å². The predicted octanol–water partition coefficient (Wildman–Crippen LogP) is 3.42. The third-order valence-electron chi connectivity index (χ3n) is 6.23. The van der Waals surface area contributed by atoms with Crippen LogP contribution in [0.2, 0.25) is 0 Å². The van der Waals surface area contributed by atoms with Crippen LogP contribution in [-0.2, 0) is 19.1 Å². The Bertz CT molecular complexity index is 1080. The first kappa shape index (κ1) is 23.0. The molecule has 0 bridgehead atoms. The second kappa shape index (κ2) is 8.64. The molecule has 33 heavy (non-hydrogen) atoms. The molecule has 0 saturated carbocycles. The Kier molecular flexibility index (Phi) is 6.02. The van der Waals surface area contributed by atoms with E-state index in [1.165, 1.54) is 11.9 Å². The van der Waals surface area contributed by atoms with Crippen LogP contribution in [-0.4, -0.2) is 58.6 Å². The molecule has 7 nitrogen and oxygen atoms in total. The molecule has 2 aliphatic heterocycles. The second-order valence-electron chi connectivity index (χ2n) is 8.17. The van der Waals surface area contributed by atoms with Crippen molar-refractivity contribution in [1.29, 1.82) is 0 Å². The molecule has 3 heterocycles. The summed E-state index contributed by atoms with van der Waals surface area (Å²) in [5, 5.41) is 9.49. The van der Waals surface area contributed by atoms with Crippen LogP contribution in [0.15, 0.2) is 12.1 Å². The van der Waals surface area contributed by atoms with Gasteiger partial charge in [-0.05, 0) is 30.4 Å². The number of fused-ring (bicyclic) bond motifs is 1. The molecule has 1 saturated heterocycles. The number of benzene rings is 1. The van der Waals surface area contributed by atoms with E-state index in [9.17, 15) is 31.5 Å². The summed E-state index contributed by atoms with van der Waals surface area (Å²) in [6.07, 6.45) is -4.20. The number of amides is 3. The van der Waals surface area contributed by atoms with E-state index in [1.54, 1.807) is 4.90 Å². The molecule has 1 fully saturated rings. The fourth-order valence-corrected chi connectivity index (χ4v) is 4.56. The first-order valence-corrected chi connectivity index (χ1v) is 10.5. The molecule has 2 aliphatic rings. The minimum atomic E-state index is -4.95. The Morgan fingerprint density at radius 3 is 2.45 bits per heavy atom. The topological polar surface area (TPSA) is 81.3 Å². The number of alkyl halides is 3. The van der Waals surface area contributed by atoms with Crippen LogP contribution in [0.1, 0.15) is 51.6 Å². The molecule has 1 aromatic heterocycles. The molecule has 0 radical (unpaired) electrons. The van der Waals surface area contributed by atoms with Crippen LogP contribution in [0.3, 0.4) is 0 Å². The number of aromatic amines is 1. The van der Waals surface area contributed by atoms with Crippen molar-refractivity contribution in [2.45, 2.75) is 37.9 Å². The van der Waals surface area contributed by atoms with Gasteiger partial charge < -0.3 is 15.1 Å². The number of piperidine rings is 1. The molecule has 4 rings (SSSR count). The highest BCUT2D eigenvalue weighted by atomic mass is 19.4. The molecular formula is C21H22F5N5O2. The smallest absolute Gasteiger partial charge is 0.341 e. The number of halogens is 5. The summed E-state index contributed by atoms with van der Waals surface area (Å²) in [4.78, 5) is 28.1. The third kappa shape index (κ3) is 4.38. The standard InChI is InChI=1S/C21H22F5N5O2/c1-27-20(33)31-7-4-16-14(10-31)18(29-28-16)19(32)30-5-2-11(3-6-30)13-8-12(22)9-15(23)17(13)21(24,25)26/h8-9,11H,2-7,10H2,1H3,(H,27,33)(H,28,29). The van der Waals surface area contributed by atoms with Crippen molar-refractivity contribution in [2.24, 2.45) is 0 Å². The summed E-state index contributed by atoms with van der Waals surface area (Å²) < 4.78 is 67.8. The van der Waals surface area contributed by atoms with Gasteiger partial charge in [0.1, 0.15) is 11.6 Å². The van der Waals surface area contributed by atoms with E-state index in [0.29, 0.717) is 18.5 Å². The van der Waals surface area contributed by atoms with Gasteiger partial charge in [0, 0.05) is 50.4 Å². The van der Waals surface area contributed by atoms with Crippen molar-refractivity contribution >= 4 is 11.9 Å². The first-order valence-electron chi connectivity index (χ1n) is 10.5. The molecule has 1 aromatic carbocycles. The lowest BCUT2D eigenvalue weighted by Gasteiger charge is -2.33. The SMILES string of the molecule is CNC(=O)N1CCc2[nH]nc(C(=O)N3CCC(c4cc(F)cc(F)c4C(F)(F)F)CC3)c2C1. The van der Waals surface area contributed by atoms with Crippen molar-refractivity contribution in [1.82, 2.24) is 25.3 Å². The summed E-state index contributed by atoms with van der Waals surface area (Å²) in [5.74, 6) is -3.85. The maximum absolute atomic E-state index is 14.0. The zero-order valence-corrected chi connectivity index (χ0v) is 17.7. The number of rotatable bonds is 2. The minimum absolute atomic E-state index is 0.111. The maximum Gasteiger partial charge on any atom is 0.419 e. The third-order valence-corrected chi connectivity index (χ3v) is 6.23. The maximum atomic E-state index is 14.0. The molecule has 0 aliphatic carbocycles. The average molecular weight is 471 g/mol. The van der Waals surface area contributed by atoms with Crippen LogP contribution in [0, 0.1) is 11.6 Å². The Morgan fingerprint density at radius 2 is 1.82 bits per heavy atom. The predicted molar refractivity (Wildman–Crippen MR) is 106 cm³/mol. The van der Waals surface area contributed by atoms with Gasteiger partial charge in [-0.1, -0.05) is 0 Å². The van der Waals surface area contributed by atoms with E-state index in [1.807, 2.05) is 0 Å². The van der Waals surface area contributed by atoms with E-state index in [-0.39, 0.29) is 50.3 Å².